The van der Waals surface area contributed by atoms with E-state index in [9.17, 15) is 9.59 Å². The van der Waals surface area contributed by atoms with Crippen molar-refractivity contribution in [2.75, 3.05) is 6.54 Å². The third-order valence-corrected chi connectivity index (χ3v) is 2.43. The summed E-state index contributed by atoms with van der Waals surface area (Å²) in [6.45, 7) is 5.82. The van der Waals surface area contributed by atoms with Crippen LogP contribution in [0.5, 0.6) is 0 Å². The van der Waals surface area contributed by atoms with Gasteiger partial charge in [-0.15, -0.1) is 0 Å². The lowest BCUT2D eigenvalue weighted by Crippen LogP contribution is -2.12. The number of hydrogen-bond acceptors (Lipinski definition) is 4. The Labute approximate surface area is 103 Å². The molecule has 96 valence electrons. The fourth-order valence-corrected chi connectivity index (χ4v) is 1.50. The van der Waals surface area contributed by atoms with Gasteiger partial charge >= 0.3 is 5.97 Å². The first-order valence-electron chi connectivity index (χ1n) is 6.07. The van der Waals surface area contributed by atoms with Gasteiger partial charge < -0.3 is 4.74 Å². The van der Waals surface area contributed by atoms with Gasteiger partial charge in [-0.2, -0.15) is 0 Å². The number of unbranched alkanes of at least 4 members (excludes halogenated alkanes) is 4. The number of esters is 1. The fourth-order valence-electron chi connectivity index (χ4n) is 1.50. The van der Waals surface area contributed by atoms with E-state index in [0.717, 1.165) is 38.5 Å². The van der Waals surface area contributed by atoms with Gasteiger partial charge in [-0.05, 0) is 26.2 Å². The van der Waals surface area contributed by atoms with Crippen LogP contribution in [0.2, 0.25) is 0 Å². The summed E-state index contributed by atoms with van der Waals surface area (Å²) < 4.78 is 5.04. The Balaban J connectivity index is 3.29. The van der Waals surface area contributed by atoms with Crippen LogP contribution in [-0.4, -0.2) is 24.7 Å². The predicted octanol–water partition coefficient (Wildman–Crippen LogP) is 2.78. The quantitative estimate of drug-likeness (QED) is 0.194. The molecule has 17 heavy (non-hydrogen) atoms. The summed E-state index contributed by atoms with van der Waals surface area (Å²) in [4.78, 5) is 24.2. The predicted molar refractivity (Wildman–Crippen MR) is 66.4 cm³/mol. The number of aliphatic imine (C=N–C) groups is 1. The molecule has 0 bridgehead atoms. The molecule has 0 aliphatic heterocycles. The fraction of sp³-hybridized carbons (Fsp3) is 0.692. The molecule has 0 aromatic heterocycles. The van der Waals surface area contributed by atoms with E-state index in [2.05, 4.69) is 11.6 Å². The van der Waals surface area contributed by atoms with E-state index in [4.69, 9.17) is 4.74 Å². The summed E-state index contributed by atoms with van der Waals surface area (Å²) in [5, 5.41) is 0. The molecule has 0 aromatic rings. The van der Waals surface area contributed by atoms with Gasteiger partial charge in [0.05, 0.1) is 12.6 Å². The molecule has 0 saturated heterocycles. The Morgan fingerprint density at radius 2 is 2.00 bits per heavy atom. The molecule has 0 aliphatic rings. The monoisotopic (exact) mass is 239 g/mol. The highest BCUT2D eigenvalue weighted by atomic mass is 16.5. The number of isocyanates is 1. The van der Waals surface area contributed by atoms with Crippen molar-refractivity contribution in [3.8, 4) is 0 Å². The molecule has 0 fully saturated rings. The van der Waals surface area contributed by atoms with E-state index in [1.54, 1.807) is 0 Å². The molecule has 4 heteroatoms. The van der Waals surface area contributed by atoms with Crippen LogP contribution < -0.4 is 0 Å². The number of nitrogens with zero attached hydrogens (tertiary/aromatic N) is 1. The summed E-state index contributed by atoms with van der Waals surface area (Å²) in [5.74, 6) is -0.357. The average Bonchev–Trinajstić information content (AvgIpc) is 2.32. The number of ether oxygens (including phenoxy) is 1. The van der Waals surface area contributed by atoms with Crippen LogP contribution >= 0.6 is 0 Å². The van der Waals surface area contributed by atoms with E-state index in [0.29, 0.717) is 6.54 Å². The van der Waals surface area contributed by atoms with Crippen LogP contribution in [0.4, 0.5) is 0 Å². The number of rotatable bonds is 10. The molecule has 0 saturated carbocycles. The van der Waals surface area contributed by atoms with Gasteiger partial charge in [-0.25, -0.2) is 14.6 Å². The van der Waals surface area contributed by atoms with Crippen molar-refractivity contribution in [3.63, 3.8) is 0 Å². The minimum Gasteiger partial charge on any atom is -0.460 e. The van der Waals surface area contributed by atoms with Crippen molar-refractivity contribution in [2.45, 2.75) is 51.6 Å². The second-order valence-electron chi connectivity index (χ2n) is 3.98. The van der Waals surface area contributed by atoms with Gasteiger partial charge in [-0.1, -0.05) is 25.8 Å². The Hall–Kier alpha value is -1.41. The summed E-state index contributed by atoms with van der Waals surface area (Å²) >= 11 is 0. The Morgan fingerprint density at radius 3 is 2.65 bits per heavy atom. The van der Waals surface area contributed by atoms with Gasteiger partial charge in [0.1, 0.15) is 0 Å². The number of carbonyl (C=O) groups is 1. The molecule has 0 heterocycles. The lowest BCUT2D eigenvalue weighted by Gasteiger charge is -2.11. The van der Waals surface area contributed by atoms with Crippen LogP contribution in [0.1, 0.15) is 45.4 Å². The van der Waals surface area contributed by atoms with Gasteiger partial charge in [0, 0.05) is 6.08 Å². The first kappa shape index (κ1) is 15.6. The zero-order chi connectivity index (χ0) is 12.9. The standard InChI is InChI=1S/C13H21NO3/c1-3-13(16)17-12(2)9-7-5-4-6-8-10-14-11-15/h3,12H,1,4-10H2,2H3. The third-order valence-electron chi connectivity index (χ3n) is 2.43. The van der Waals surface area contributed by atoms with Crippen molar-refractivity contribution in [3.05, 3.63) is 12.7 Å². The second kappa shape index (κ2) is 11.1. The van der Waals surface area contributed by atoms with E-state index < -0.39 is 0 Å². The molecule has 0 aliphatic carbocycles. The lowest BCUT2D eigenvalue weighted by molar-refractivity contribution is -0.142. The first-order chi connectivity index (χ1) is 8.20. The van der Waals surface area contributed by atoms with Gasteiger partial charge in [0.25, 0.3) is 0 Å². The van der Waals surface area contributed by atoms with E-state index in [1.165, 1.54) is 12.2 Å². The van der Waals surface area contributed by atoms with E-state index in [1.807, 2.05) is 6.92 Å². The summed E-state index contributed by atoms with van der Waals surface area (Å²) in [6.07, 6.45) is 8.84. The summed E-state index contributed by atoms with van der Waals surface area (Å²) in [5.41, 5.74) is 0. The Bertz CT molecular complexity index is 270. The highest BCUT2D eigenvalue weighted by Gasteiger charge is 2.05. The minimum absolute atomic E-state index is 0.0415. The van der Waals surface area contributed by atoms with Gasteiger partial charge in [0.2, 0.25) is 6.08 Å². The van der Waals surface area contributed by atoms with Crippen LogP contribution in [0.15, 0.2) is 17.6 Å². The van der Waals surface area contributed by atoms with Crippen LogP contribution in [0, 0.1) is 0 Å². The van der Waals surface area contributed by atoms with Crippen molar-refractivity contribution < 1.29 is 14.3 Å². The highest BCUT2D eigenvalue weighted by Crippen LogP contribution is 2.09. The van der Waals surface area contributed by atoms with Crippen molar-refractivity contribution in [1.82, 2.24) is 0 Å². The maximum atomic E-state index is 10.9. The molecular weight excluding hydrogens is 218 g/mol. The number of hydrogen-bond donors (Lipinski definition) is 0. The van der Waals surface area contributed by atoms with E-state index in [-0.39, 0.29) is 12.1 Å². The Kier molecular flexibility index (Phi) is 10.2. The normalized spacial score (nSPS) is 11.4. The van der Waals surface area contributed by atoms with Crippen molar-refractivity contribution >= 4 is 12.0 Å². The van der Waals surface area contributed by atoms with Crippen LogP contribution in [-0.2, 0) is 14.3 Å². The maximum Gasteiger partial charge on any atom is 0.330 e. The lowest BCUT2D eigenvalue weighted by atomic mass is 10.1. The molecular formula is C13H21NO3. The van der Waals surface area contributed by atoms with Crippen molar-refractivity contribution in [1.29, 1.82) is 0 Å². The molecule has 1 atom stereocenters. The van der Waals surface area contributed by atoms with Gasteiger partial charge in [0.15, 0.2) is 0 Å². The average molecular weight is 239 g/mol. The zero-order valence-corrected chi connectivity index (χ0v) is 10.5. The molecule has 0 N–H and O–H groups in total. The second-order valence-corrected chi connectivity index (χ2v) is 3.98. The largest absolute Gasteiger partial charge is 0.460 e. The molecule has 0 amide bonds. The van der Waals surface area contributed by atoms with E-state index >= 15 is 0 Å². The molecule has 0 radical (unpaired) electrons. The maximum absolute atomic E-state index is 10.9. The summed E-state index contributed by atoms with van der Waals surface area (Å²) in [7, 11) is 0. The smallest absolute Gasteiger partial charge is 0.330 e. The molecule has 0 rings (SSSR count). The van der Waals surface area contributed by atoms with Crippen molar-refractivity contribution in [2.24, 2.45) is 4.99 Å². The number of carbonyl (C=O) groups excluding carboxylic acids is 2. The minimum atomic E-state index is -0.357. The molecule has 0 spiro atoms. The molecule has 4 nitrogen and oxygen atoms in total. The van der Waals surface area contributed by atoms with Gasteiger partial charge in [-0.3, -0.25) is 0 Å². The first-order valence-corrected chi connectivity index (χ1v) is 6.07. The molecule has 1 unspecified atom stereocenters. The SMILES string of the molecule is C=CC(=O)OC(C)CCCCCCCN=C=O. The van der Waals surface area contributed by atoms with Crippen LogP contribution in [0.25, 0.3) is 0 Å². The zero-order valence-electron chi connectivity index (χ0n) is 10.5. The third kappa shape index (κ3) is 10.9. The topological polar surface area (TPSA) is 55.7 Å². The molecule has 0 aromatic carbocycles. The Morgan fingerprint density at radius 1 is 1.35 bits per heavy atom. The summed E-state index contributed by atoms with van der Waals surface area (Å²) in [6, 6.07) is 0. The highest BCUT2D eigenvalue weighted by molar-refractivity contribution is 5.81. The van der Waals surface area contributed by atoms with Crippen LogP contribution in [0.3, 0.4) is 0 Å².